The number of aliphatic hydroxyl groups excluding tert-OH is 1. The first kappa shape index (κ1) is 8.02. The van der Waals surface area contributed by atoms with E-state index in [9.17, 15) is 5.11 Å². The van der Waals surface area contributed by atoms with Gasteiger partial charge in [0.15, 0.2) is 0 Å². The molecule has 1 rings (SSSR count). The van der Waals surface area contributed by atoms with Crippen LogP contribution in [0.2, 0.25) is 0 Å². The van der Waals surface area contributed by atoms with Crippen molar-refractivity contribution in [3.8, 4) is 0 Å². The Morgan fingerprint density at radius 1 is 1.50 bits per heavy atom. The summed E-state index contributed by atoms with van der Waals surface area (Å²) in [6.07, 6.45) is 2.06. The van der Waals surface area contributed by atoms with Crippen molar-refractivity contribution in [2.75, 3.05) is 13.1 Å². The quantitative estimate of drug-likeness (QED) is 0.588. The summed E-state index contributed by atoms with van der Waals surface area (Å²) >= 11 is 0. The fourth-order valence-electron chi connectivity index (χ4n) is 1.60. The van der Waals surface area contributed by atoms with Crippen LogP contribution in [0.1, 0.15) is 26.7 Å². The van der Waals surface area contributed by atoms with E-state index in [0.29, 0.717) is 6.04 Å². The number of likely N-dealkylation sites (tertiary alicyclic amines) is 1. The Morgan fingerprint density at radius 2 is 2.20 bits per heavy atom. The van der Waals surface area contributed by atoms with Gasteiger partial charge in [-0.15, -0.1) is 0 Å². The zero-order valence-corrected chi connectivity index (χ0v) is 6.88. The highest BCUT2D eigenvalue weighted by Crippen LogP contribution is 2.15. The van der Waals surface area contributed by atoms with E-state index in [0.717, 1.165) is 25.9 Å². The van der Waals surface area contributed by atoms with Crippen molar-refractivity contribution in [3.05, 3.63) is 0 Å². The standard InChI is InChI=1S/C8H17NO/c1-3-9-6-8(10)5-4-7(9)2/h7-8,10H,3-6H2,1-2H3/t7-,8+/m1/s1. The van der Waals surface area contributed by atoms with Gasteiger partial charge >= 0.3 is 0 Å². The summed E-state index contributed by atoms with van der Waals surface area (Å²) in [7, 11) is 0. The molecule has 2 heteroatoms. The highest BCUT2D eigenvalue weighted by atomic mass is 16.3. The minimum Gasteiger partial charge on any atom is -0.392 e. The molecular formula is C8H17NO. The maximum atomic E-state index is 9.29. The third kappa shape index (κ3) is 1.70. The van der Waals surface area contributed by atoms with E-state index in [1.165, 1.54) is 0 Å². The number of β-amino-alcohol motifs (C(OH)–C–C–N with tert-alkyl or cyclic N) is 1. The molecule has 0 spiro atoms. The number of rotatable bonds is 1. The number of aliphatic hydroxyl groups is 1. The number of likely N-dealkylation sites (N-methyl/N-ethyl adjacent to an activating group) is 1. The van der Waals surface area contributed by atoms with Crippen LogP contribution >= 0.6 is 0 Å². The molecule has 0 saturated carbocycles. The van der Waals surface area contributed by atoms with Gasteiger partial charge in [0.25, 0.3) is 0 Å². The molecule has 0 unspecified atom stereocenters. The molecular weight excluding hydrogens is 126 g/mol. The summed E-state index contributed by atoms with van der Waals surface area (Å²) in [4.78, 5) is 2.33. The van der Waals surface area contributed by atoms with Crippen LogP contribution < -0.4 is 0 Å². The van der Waals surface area contributed by atoms with E-state index in [1.54, 1.807) is 0 Å². The van der Waals surface area contributed by atoms with E-state index in [1.807, 2.05) is 0 Å². The minimum absolute atomic E-state index is 0.0730. The molecule has 0 amide bonds. The summed E-state index contributed by atoms with van der Waals surface area (Å²) in [6.45, 7) is 6.32. The van der Waals surface area contributed by atoms with Gasteiger partial charge < -0.3 is 5.11 Å². The van der Waals surface area contributed by atoms with E-state index >= 15 is 0 Å². The molecule has 0 bridgehead atoms. The maximum absolute atomic E-state index is 9.29. The van der Waals surface area contributed by atoms with Crippen molar-refractivity contribution >= 4 is 0 Å². The van der Waals surface area contributed by atoms with Crippen LogP contribution in [0.25, 0.3) is 0 Å². The molecule has 1 saturated heterocycles. The molecule has 1 aliphatic rings. The SMILES string of the molecule is CCN1C[C@@H](O)CC[C@H]1C. The smallest absolute Gasteiger partial charge is 0.0667 e. The van der Waals surface area contributed by atoms with Crippen molar-refractivity contribution in [3.63, 3.8) is 0 Å². The van der Waals surface area contributed by atoms with Crippen LogP contribution in [-0.4, -0.2) is 35.2 Å². The fraction of sp³-hybridized carbons (Fsp3) is 1.00. The third-order valence-corrected chi connectivity index (χ3v) is 2.39. The summed E-state index contributed by atoms with van der Waals surface area (Å²) < 4.78 is 0. The molecule has 1 aliphatic heterocycles. The monoisotopic (exact) mass is 143 g/mol. The molecule has 10 heavy (non-hydrogen) atoms. The molecule has 0 aromatic carbocycles. The van der Waals surface area contributed by atoms with Crippen LogP contribution in [0.4, 0.5) is 0 Å². The first-order valence-corrected chi connectivity index (χ1v) is 4.16. The van der Waals surface area contributed by atoms with Crippen molar-refractivity contribution < 1.29 is 5.11 Å². The zero-order valence-electron chi connectivity index (χ0n) is 6.88. The lowest BCUT2D eigenvalue weighted by Crippen LogP contribution is -2.43. The summed E-state index contributed by atoms with van der Waals surface area (Å²) in [5, 5.41) is 9.29. The Balaban J connectivity index is 2.38. The lowest BCUT2D eigenvalue weighted by atomic mass is 10.0. The number of hydrogen-bond donors (Lipinski definition) is 1. The van der Waals surface area contributed by atoms with Crippen LogP contribution in [0.3, 0.4) is 0 Å². The van der Waals surface area contributed by atoms with Gasteiger partial charge in [0.2, 0.25) is 0 Å². The number of hydrogen-bond acceptors (Lipinski definition) is 2. The van der Waals surface area contributed by atoms with Gasteiger partial charge in [-0.05, 0) is 26.3 Å². The largest absolute Gasteiger partial charge is 0.392 e. The summed E-state index contributed by atoms with van der Waals surface area (Å²) in [6, 6.07) is 0.674. The third-order valence-electron chi connectivity index (χ3n) is 2.39. The second-order valence-corrected chi connectivity index (χ2v) is 3.17. The van der Waals surface area contributed by atoms with Gasteiger partial charge in [0.1, 0.15) is 0 Å². The van der Waals surface area contributed by atoms with Gasteiger partial charge in [-0.1, -0.05) is 6.92 Å². The van der Waals surface area contributed by atoms with Crippen molar-refractivity contribution in [1.82, 2.24) is 4.90 Å². The van der Waals surface area contributed by atoms with Gasteiger partial charge in [0.05, 0.1) is 6.10 Å². The lowest BCUT2D eigenvalue weighted by Gasteiger charge is -2.34. The van der Waals surface area contributed by atoms with E-state index in [-0.39, 0.29) is 6.10 Å². The van der Waals surface area contributed by atoms with Crippen LogP contribution in [-0.2, 0) is 0 Å². The van der Waals surface area contributed by atoms with Gasteiger partial charge in [-0.3, -0.25) is 4.90 Å². The molecule has 1 fully saturated rings. The van der Waals surface area contributed by atoms with Gasteiger partial charge in [0, 0.05) is 12.6 Å². The minimum atomic E-state index is -0.0730. The Labute approximate surface area is 62.8 Å². The first-order valence-electron chi connectivity index (χ1n) is 4.16. The maximum Gasteiger partial charge on any atom is 0.0667 e. The second-order valence-electron chi connectivity index (χ2n) is 3.17. The van der Waals surface area contributed by atoms with Crippen LogP contribution in [0.5, 0.6) is 0 Å². The normalized spacial score (nSPS) is 36.3. The Kier molecular flexibility index (Phi) is 2.69. The second kappa shape index (κ2) is 3.35. The fourth-order valence-corrected chi connectivity index (χ4v) is 1.60. The van der Waals surface area contributed by atoms with Crippen molar-refractivity contribution in [2.24, 2.45) is 0 Å². The van der Waals surface area contributed by atoms with E-state index in [4.69, 9.17) is 0 Å². The van der Waals surface area contributed by atoms with Crippen molar-refractivity contribution in [2.45, 2.75) is 38.8 Å². The Bertz CT molecular complexity index is 105. The van der Waals surface area contributed by atoms with Crippen LogP contribution in [0, 0.1) is 0 Å². The first-order chi connectivity index (χ1) is 4.74. The molecule has 0 aromatic rings. The Morgan fingerprint density at radius 3 is 2.70 bits per heavy atom. The summed E-state index contributed by atoms with van der Waals surface area (Å²) in [5.41, 5.74) is 0. The van der Waals surface area contributed by atoms with Crippen LogP contribution in [0.15, 0.2) is 0 Å². The molecule has 60 valence electrons. The highest BCUT2D eigenvalue weighted by molar-refractivity contribution is 4.76. The van der Waals surface area contributed by atoms with Gasteiger partial charge in [-0.2, -0.15) is 0 Å². The lowest BCUT2D eigenvalue weighted by molar-refractivity contribution is 0.0444. The predicted octanol–water partition coefficient (Wildman–Crippen LogP) is 0.851. The highest BCUT2D eigenvalue weighted by Gasteiger charge is 2.21. The van der Waals surface area contributed by atoms with E-state index in [2.05, 4.69) is 18.7 Å². The average molecular weight is 143 g/mol. The van der Waals surface area contributed by atoms with E-state index < -0.39 is 0 Å². The molecule has 0 aliphatic carbocycles. The molecule has 1 N–H and O–H groups in total. The topological polar surface area (TPSA) is 23.5 Å². The molecule has 0 radical (unpaired) electrons. The zero-order chi connectivity index (χ0) is 7.56. The summed E-state index contributed by atoms with van der Waals surface area (Å²) in [5.74, 6) is 0. The van der Waals surface area contributed by atoms with Crippen molar-refractivity contribution in [1.29, 1.82) is 0 Å². The molecule has 2 atom stereocenters. The molecule has 1 heterocycles. The average Bonchev–Trinajstić information content (AvgIpc) is 1.94. The Hall–Kier alpha value is -0.0800. The number of piperidine rings is 1. The molecule has 0 aromatic heterocycles. The molecule has 2 nitrogen and oxygen atoms in total. The number of nitrogens with zero attached hydrogens (tertiary/aromatic N) is 1. The van der Waals surface area contributed by atoms with Gasteiger partial charge in [-0.25, -0.2) is 0 Å². The predicted molar refractivity (Wildman–Crippen MR) is 41.9 cm³/mol.